The van der Waals surface area contributed by atoms with Crippen molar-refractivity contribution in [3.8, 4) is 0 Å². The number of hydrogen-bond acceptors (Lipinski definition) is 0. The quantitative estimate of drug-likeness (QED) is 0.248. The standard InChI is InChI=1S/4C12H24.C10H10/c4*1-2-4-6-8-10-12-11-9-7-5-3-1;1-2-6-9(5-1)10-7-3-4-8-10/h4*1-12H2;1-5,7H,6,8H2. The second-order valence-corrected chi connectivity index (χ2v) is 19.6. The first-order chi connectivity index (χ1) is 29.0. The van der Waals surface area contributed by atoms with E-state index in [-0.39, 0.29) is 0 Å². The average molecular weight is 803 g/mol. The van der Waals surface area contributed by atoms with Gasteiger partial charge in [-0.05, 0) is 24.0 Å². The predicted molar refractivity (Wildman–Crippen MR) is 265 cm³/mol. The molecule has 0 atom stereocenters. The van der Waals surface area contributed by atoms with E-state index in [0.29, 0.717) is 0 Å². The average Bonchev–Trinajstić information content (AvgIpc) is 3.96. The van der Waals surface area contributed by atoms with Crippen LogP contribution in [0.5, 0.6) is 0 Å². The molecule has 0 heteroatoms. The van der Waals surface area contributed by atoms with Gasteiger partial charge in [-0.25, -0.2) is 0 Å². The van der Waals surface area contributed by atoms with E-state index < -0.39 is 0 Å². The highest BCUT2D eigenvalue weighted by Gasteiger charge is 2.06. The first-order valence-electron chi connectivity index (χ1n) is 27.7. The highest BCUT2D eigenvalue weighted by atomic mass is 14.1. The van der Waals surface area contributed by atoms with E-state index in [4.69, 9.17) is 0 Å². The Balaban J connectivity index is 0.000000250. The van der Waals surface area contributed by atoms with E-state index in [1.807, 2.05) is 0 Å². The van der Waals surface area contributed by atoms with E-state index in [9.17, 15) is 0 Å². The molecule has 338 valence electrons. The van der Waals surface area contributed by atoms with Crippen LogP contribution in [0, 0.1) is 0 Å². The van der Waals surface area contributed by atoms with Crippen molar-refractivity contribution in [3.05, 3.63) is 47.6 Å². The van der Waals surface area contributed by atoms with E-state index in [1.54, 1.807) is 0 Å². The molecule has 0 radical (unpaired) electrons. The summed E-state index contributed by atoms with van der Waals surface area (Å²) in [6, 6.07) is 0. The molecule has 0 saturated heterocycles. The molecule has 0 aromatic carbocycles. The lowest BCUT2D eigenvalue weighted by Gasteiger charge is -2.05. The molecule has 0 nitrogen and oxygen atoms in total. The monoisotopic (exact) mass is 803 g/mol. The molecule has 4 fully saturated rings. The van der Waals surface area contributed by atoms with Gasteiger partial charge in [0.2, 0.25) is 0 Å². The molecular weight excluding hydrogens is 697 g/mol. The third-order valence-electron chi connectivity index (χ3n) is 14.0. The van der Waals surface area contributed by atoms with Gasteiger partial charge in [-0.1, -0.05) is 345 Å². The molecule has 0 aliphatic heterocycles. The van der Waals surface area contributed by atoms with Gasteiger partial charge >= 0.3 is 0 Å². The maximum Gasteiger partial charge on any atom is -0.00915 e. The Morgan fingerprint density at radius 2 is 0.259 bits per heavy atom. The fourth-order valence-electron chi connectivity index (χ4n) is 9.86. The third-order valence-corrected chi connectivity index (χ3v) is 14.0. The Bertz CT molecular complexity index is 634. The highest BCUT2D eigenvalue weighted by Crippen LogP contribution is 2.26. The van der Waals surface area contributed by atoms with E-state index in [0.717, 1.165) is 12.8 Å². The topological polar surface area (TPSA) is 0 Å². The minimum atomic E-state index is 1.13. The molecule has 6 aliphatic rings. The van der Waals surface area contributed by atoms with Gasteiger partial charge in [0.15, 0.2) is 0 Å². The smallest absolute Gasteiger partial charge is 0.00915 e. The van der Waals surface area contributed by atoms with E-state index in [2.05, 4.69) is 36.5 Å². The third kappa shape index (κ3) is 37.9. The number of rotatable bonds is 1. The van der Waals surface area contributed by atoms with Crippen molar-refractivity contribution in [2.24, 2.45) is 0 Å². The lowest BCUT2D eigenvalue weighted by molar-refractivity contribution is 0.504. The molecule has 0 unspecified atom stereocenters. The molecular formula is C58H106. The van der Waals surface area contributed by atoms with Crippen LogP contribution < -0.4 is 0 Å². The SMILES string of the molecule is C1=CCC(C2=CC=CC2)=C1.C1CCCCCCCCCCC1.C1CCCCCCCCCCC1.C1CCCCCCCCCCC1.C1CCCCCCCCCCC1. The van der Waals surface area contributed by atoms with Crippen LogP contribution in [0.25, 0.3) is 0 Å². The van der Waals surface area contributed by atoms with Crippen LogP contribution in [0.2, 0.25) is 0 Å². The summed E-state index contributed by atoms with van der Waals surface area (Å²) in [5.41, 5.74) is 2.98. The zero-order chi connectivity index (χ0) is 40.8. The predicted octanol–water partition coefficient (Wildman–Crippen LogP) is 21.5. The fraction of sp³-hybridized carbons (Fsp3) is 0.862. The summed E-state index contributed by atoms with van der Waals surface area (Å²) in [7, 11) is 0. The Morgan fingerprint density at radius 3 is 0.328 bits per heavy atom. The molecule has 6 aliphatic carbocycles. The number of allylic oxidation sites excluding steroid dienone is 8. The first-order valence-corrected chi connectivity index (χ1v) is 27.7. The van der Waals surface area contributed by atoms with Gasteiger partial charge < -0.3 is 0 Å². The Kier molecular flexibility index (Phi) is 41.6. The summed E-state index contributed by atoms with van der Waals surface area (Å²) in [6.45, 7) is 0. The Labute approximate surface area is 367 Å². The lowest BCUT2D eigenvalue weighted by Crippen LogP contribution is -1.85. The second-order valence-electron chi connectivity index (χ2n) is 19.6. The summed E-state index contributed by atoms with van der Waals surface area (Å²) in [6.07, 6.45) is 87.4. The van der Waals surface area contributed by atoms with Gasteiger partial charge in [0.1, 0.15) is 0 Å². The van der Waals surface area contributed by atoms with Gasteiger partial charge in [0.05, 0.1) is 0 Å². The zero-order valence-corrected chi connectivity index (χ0v) is 39.8. The number of hydrogen-bond donors (Lipinski definition) is 0. The van der Waals surface area contributed by atoms with Crippen LogP contribution in [-0.4, -0.2) is 0 Å². The maximum absolute atomic E-state index is 2.21. The van der Waals surface area contributed by atoms with Crippen LogP contribution in [0.15, 0.2) is 47.6 Å². The van der Waals surface area contributed by atoms with Gasteiger partial charge in [-0.15, -0.1) is 0 Å². The molecule has 0 N–H and O–H groups in total. The summed E-state index contributed by atoms with van der Waals surface area (Å²) in [4.78, 5) is 0. The molecule has 58 heavy (non-hydrogen) atoms. The van der Waals surface area contributed by atoms with Crippen molar-refractivity contribution in [1.82, 2.24) is 0 Å². The Morgan fingerprint density at radius 1 is 0.155 bits per heavy atom. The minimum Gasteiger partial charge on any atom is -0.0801 e. The molecule has 0 aromatic heterocycles. The van der Waals surface area contributed by atoms with Crippen molar-refractivity contribution < 1.29 is 0 Å². The van der Waals surface area contributed by atoms with Gasteiger partial charge in [-0.2, -0.15) is 0 Å². The van der Waals surface area contributed by atoms with Crippen molar-refractivity contribution in [3.63, 3.8) is 0 Å². The molecule has 0 spiro atoms. The van der Waals surface area contributed by atoms with Crippen molar-refractivity contribution >= 4 is 0 Å². The van der Waals surface area contributed by atoms with Crippen LogP contribution in [-0.2, 0) is 0 Å². The van der Waals surface area contributed by atoms with Crippen LogP contribution >= 0.6 is 0 Å². The van der Waals surface area contributed by atoms with Crippen LogP contribution in [0.3, 0.4) is 0 Å². The largest absolute Gasteiger partial charge is 0.0801 e. The van der Waals surface area contributed by atoms with E-state index in [1.165, 1.54) is 319 Å². The van der Waals surface area contributed by atoms with Crippen molar-refractivity contribution in [2.75, 3.05) is 0 Å². The summed E-state index contributed by atoms with van der Waals surface area (Å²) in [5, 5.41) is 0. The van der Waals surface area contributed by atoms with Gasteiger partial charge in [0, 0.05) is 0 Å². The van der Waals surface area contributed by atoms with Gasteiger partial charge in [0.25, 0.3) is 0 Å². The molecule has 0 aromatic rings. The second kappa shape index (κ2) is 45.5. The van der Waals surface area contributed by atoms with Crippen LogP contribution in [0.4, 0.5) is 0 Å². The van der Waals surface area contributed by atoms with Crippen molar-refractivity contribution in [1.29, 1.82) is 0 Å². The lowest BCUT2D eigenvalue weighted by atomic mass is 10.0. The van der Waals surface area contributed by atoms with Crippen LogP contribution in [0.1, 0.15) is 321 Å². The van der Waals surface area contributed by atoms with Gasteiger partial charge in [-0.3, -0.25) is 0 Å². The summed E-state index contributed by atoms with van der Waals surface area (Å²) < 4.78 is 0. The Hall–Kier alpha value is -1.04. The maximum atomic E-state index is 2.21. The molecule has 0 amide bonds. The highest BCUT2D eigenvalue weighted by molar-refractivity contribution is 5.44. The molecule has 6 rings (SSSR count). The normalized spacial score (nSPS) is 23.6. The minimum absolute atomic E-state index is 1.13. The van der Waals surface area contributed by atoms with Crippen molar-refractivity contribution in [2.45, 2.75) is 321 Å². The summed E-state index contributed by atoms with van der Waals surface area (Å²) >= 11 is 0. The summed E-state index contributed by atoms with van der Waals surface area (Å²) in [5.74, 6) is 0. The molecule has 0 heterocycles. The fourth-order valence-corrected chi connectivity index (χ4v) is 9.86. The molecule has 4 saturated carbocycles. The molecule has 0 bridgehead atoms. The van der Waals surface area contributed by atoms with E-state index >= 15 is 0 Å². The first kappa shape index (κ1) is 53.1. The zero-order valence-electron chi connectivity index (χ0n) is 39.8.